The summed E-state index contributed by atoms with van der Waals surface area (Å²) in [6.45, 7) is 15.8. The third-order valence-corrected chi connectivity index (χ3v) is 6.62. The van der Waals surface area contributed by atoms with Crippen LogP contribution < -0.4 is 5.32 Å². The number of nitrogens with one attached hydrogen (secondary N) is 1. The Kier molecular flexibility index (Phi) is 5.79. The monoisotopic (exact) mass is 293 g/mol. The van der Waals surface area contributed by atoms with E-state index in [0.717, 1.165) is 29.6 Å². The molecular formula is C20H39N. The molecule has 2 saturated carbocycles. The van der Waals surface area contributed by atoms with E-state index in [1.165, 1.54) is 45.1 Å². The summed E-state index contributed by atoms with van der Waals surface area (Å²) in [4.78, 5) is 0. The molecular weight excluding hydrogens is 254 g/mol. The summed E-state index contributed by atoms with van der Waals surface area (Å²) in [5.74, 6) is 4.77. The molecule has 0 heterocycles. The molecule has 0 aromatic heterocycles. The van der Waals surface area contributed by atoms with Crippen LogP contribution in [0.1, 0.15) is 80.1 Å². The molecule has 0 radical (unpaired) electrons. The molecule has 1 heteroatoms. The first-order valence-electron chi connectivity index (χ1n) is 9.52. The number of rotatable bonds is 4. The first-order chi connectivity index (χ1) is 9.78. The normalized spacial score (nSPS) is 40.4. The molecule has 0 spiro atoms. The van der Waals surface area contributed by atoms with Gasteiger partial charge in [0.15, 0.2) is 0 Å². The van der Waals surface area contributed by atoms with E-state index in [1.807, 2.05) is 0 Å². The average Bonchev–Trinajstić information content (AvgIpc) is 2.39. The van der Waals surface area contributed by atoms with Gasteiger partial charge in [0.2, 0.25) is 0 Å². The molecule has 2 rings (SSSR count). The summed E-state index contributed by atoms with van der Waals surface area (Å²) in [6, 6.07) is 0.630. The van der Waals surface area contributed by atoms with Crippen LogP contribution in [0.4, 0.5) is 0 Å². The molecule has 0 aliphatic heterocycles. The van der Waals surface area contributed by atoms with Crippen molar-refractivity contribution in [3.63, 3.8) is 0 Å². The van der Waals surface area contributed by atoms with Gasteiger partial charge < -0.3 is 5.32 Å². The molecule has 1 nitrogen and oxygen atoms in total. The van der Waals surface area contributed by atoms with Gasteiger partial charge in [-0.1, -0.05) is 48.0 Å². The Morgan fingerprint density at radius 1 is 1.05 bits per heavy atom. The highest BCUT2D eigenvalue weighted by atomic mass is 14.9. The maximum Gasteiger partial charge on any atom is 0.00104 e. The van der Waals surface area contributed by atoms with Gasteiger partial charge in [0.1, 0.15) is 0 Å². The van der Waals surface area contributed by atoms with Crippen LogP contribution in [0.5, 0.6) is 0 Å². The molecule has 0 bridgehead atoms. The van der Waals surface area contributed by atoms with Gasteiger partial charge in [-0.25, -0.2) is 0 Å². The van der Waals surface area contributed by atoms with Crippen molar-refractivity contribution >= 4 is 0 Å². The van der Waals surface area contributed by atoms with E-state index in [-0.39, 0.29) is 0 Å². The van der Waals surface area contributed by atoms with Gasteiger partial charge >= 0.3 is 0 Å². The highest BCUT2D eigenvalue weighted by Crippen LogP contribution is 2.49. The maximum absolute atomic E-state index is 3.73. The van der Waals surface area contributed by atoms with Gasteiger partial charge in [0, 0.05) is 6.04 Å². The van der Waals surface area contributed by atoms with Crippen molar-refractivity contribution in [1.82, 2.24) is 5.32 Å². The number of hydrogen-bond donors (Lipinski definition) is 1. The zero-order valence-corrected chi connectivity index (χ0v) is 15.4. The Morgan fingerprint density at radius 3 is 2.38 bits per heavy atom. The first kappa shape index (κ1) is 17.3. The lowest BCUT2D eigenvalue weighted by Gasteiger charge is -2.47. The summed E-state index contributed by atoms with van der Waals surface area (Å²) in [6.07, 6.45) is 8.77. The number of hydrogen-bond acceptors (Lipinski definition) is 1. The van der Waals surface area contributed by atoms with Gasteiger partial charge in [-0.05, 0) is 73.7 Å². The average molecular weight is 294 g/mol. The predicted molar refractivity (Wildman–Crippen MR) is 93.4 cm³/mol. The van der Waals surface area contributed by atoms with Gasteiger partial charge in [-0.2, -0.15) is 0 Å². The summed E-state index contributed by atoms with van der Waals surface area (Å²) >= 11 is 0. The van der Waals surface area contributed by atoms with Gasteiger partial charge in [0.25, 0.3) is 0 Å². The Morgan fingerprint density at radius 2 is 1.76 bits per heavy atom. The minimum Gasteiger partial charge on any atom is -0.314 e. The minimum absolute atomic E-state index is 0.575. The van der Waals surface area contributed by atoms with Crippen molar-refractivity contribution in [2.24, 2.45) is 35.0 Å². The Labute approximate surface area is 133 Å². The Balaban J connectivity index is 2.02. The van der Waals surface area contributed by atoms with E-state index in [4.69, 9.17) is 0 Å². The molecule has 0 aromatic rings. The van der Waals surface area contributed by atoms with Crippen molar-refractivity contribution in [2.75, 3.05) is 6.54 Å². The second-order valence-electron chi connectivity index (χ2n) is 9.42. The molecule has 2 fully saturated rings. The van der Waals surface area contributed by atoms with E-state index in [2.05, 4.69) is 46.9 Å². The summed E-state index contributed by atoms with van der Waals surface area (Å²) in [7, 11) is 0. The first-order valence-corrected chi connectivity index (χ1v) is 9.52. The van der Waals surface area contributed by atoms with E-state index in [0.29, 0.717) is 11.5 Å². The van der Waals surface area contributed by atoms with Gasteiger partial charge in [-0.15, -0.1) is 0 Å². The molecule has 2 aliphatic rings. The lowest BCUT2D eigenvalue weighted by atomic mass is 9.59. The Bertz CT molecular complexity index is 318. The van der Waals surface area contributed by atoms with Crippen LogP contribution in [0.2, 0.25) is 0 Å². The lowest BCUT2D eigenvalue weighted by molar-refractivity contribution is 0.0374. The Hall–Kier alpha value is -0.0400. The summed E-state index contributed by atoms with van der Waals surface area (Å²) in [5.41, 5.74) is 0.575. The molecule has 5 unspecified atom stereocenters. The van der Waals surface area contributed by atoms with E-state index in [1.54, 1.807) is 0 Å². The smallest absolute Gasteiger partial charge is 0.00104 e. The fraction of sp³-hybridized carbons (Fsp3) is 1.00. The topological polar surface area (TPSA) is 12.0 Å². The maximum atomic E-state index is 3.73. The van der Waals surface area contributed by atoms with Crippen LogP contribution in [0.3, 0.4) is 0 Å². The van der Waals surface area contributed by atoms with Crippen LogP contribution >= 0.6 is 0 Å². The summed E-state index contributed by atoms with van der Waals surface area (Å²) in [5, 5.41) is 3.73. The van der Waals surface area contributed by atoms with Crippen molar-refractivity contribution in [2.45, 2.75) is 86.1 Å². The second kappa shape index (κ2) is 7.02. The van der Waals surface area contributed by atoms with Crippen LogP contribution in [0.25, 0.3) is 0 Å². The molecule has 21 heavy (non-hydrogen) atoms. The zero-order valence-electron chi connectivity index (χ0n) is 15.4. The molecule has 1 N–H and O–H groups in total. The van der Waals surface area contributed by atoms with E-state index < -0.39 is 0 Å². The molecule has 2 aliphatic carbocycles. The van der Waals surface area contributed by atoms with Crippen molar-refractivity contribution in [3.05, 3.63) is 0 Å². The fourth-order valence-electron chi connectivity index (χ4n) is 4.87. The van der Waals surface area contributed by atoms with Crippen molar-refractivity contribution in [3.8, 4) is 0 Å². The summed E-state index contributed by atoms with van der Waals surface area (Å²) < 4.78 is 0. The quantitative estimate of drug-likeness (QED) is 0.721. The fourth-order valence-corrected chi connectivity index (χ4v) is 4.87. The van der Waals surface area contributed by atoms with Crippen molar-refractivity contribution < 1.29 is 0 Å². The highest BCUT2D eigenvalue weighted by Gasteiger charge is 2.40. The predicted octanol–water partition coefficient (Wildman–Crippen LogP) is 5.50. The standard InChI is InChI=1S/C20H39N/c1-14(2)21-13-18-9-10-20(5,6)12-19(18)17-8-7-15(3)16(4)11-17/h14-19,21H,7-13H2,1-6H3. The lowest BCUT2D eigenvalue weighted by Crippen LogP contribution is -2.42. The molecule has 0 saturated heterocycles. The largest absolute Gasteiger partial charge is 0.314 e. The van der Waals surface area contributed by atoms with Crippen LogP contribution in [-0.4, -0.2) is 12.6 Å². The van der Waals surface area contributed by atoms with Gasteiger partial charge in [0.05, 0.1) is 0 Å². The van der Waals surface area contributed by atoms with E-state index in [9.17, 15) is 0 Å². The molecule has 124 valence electrons. The minimum atomic E-state index is 0.575. The third kappa shape index (κ3) is 4.71. The SMILES string of the molecule is CC(C)NCC1CCC(C)(C)CC1C1CCC(C)C(C)C1. The molecule has 0 amide bonds. The third-order valence-electron chi connectivity index (χ3n) is 6.62. The second-order valence-corrected chi connectivity index (χ2v) is 9.42. The highest BCUT2D eigenvalue weighted by molar-refractivity contribution is 4.91. The van der Waals surface area contributed by atoms with Crippen LogP contribution in [0.15, 0.2) is 0 Å². The zero-order chi connectivity index (χ0) is 15.6. The van der Waals surface area contributed by atoms with E-state index >= 15 is 0 Å². The van der Waals surface area contributed by atoms with Crippen LogP contribution in [0, 0.1) is 35.0 Å². The van der Waals surface area contributed by atoms with Crippen molar-refractivity contribution in [1.29, 1.82) is 0 Å². The molecule has 5 atom stereocenters. The van der Waals surface area contributed by atoms with Gasteiger partial charge in [-0.3, -0.25) is 0 Å². The molecule has 0 aromatic carbocycles. The van der Waals surface area contributed by atoms with Crippen LogP contribution in [-0.2, 0) is 0 Å².